The van der Waals surface area contributed by atoms with Gasteiger partial charge >= 0.3 is 0 Å². The van der Waals surface area contributed by atoms with Crippen molar-refractivity contribution in [3.63, 3.8) is 0 Å². The van der Waals surface area contributed by atoms with Crippen molar-refractivity contribution < 1.29 is 12.8 Å². The minimum absolute atomic E-state index is 0. The molecule has 2 N–H and O–H groups in total. The lowest BCUT2D eigenvalue weighted by Crippen LogP contribution is -2.36. The molecule has 9 heteroatoms. The molecule has 0 aliphatic carbocycles. The number of nitrogens with zero attached hydrogens (tertiary/aromatic N) is 2. The van der Waals surface area contributed by atoms with E-state index < -0.39 is 10.0 Å². The molecule has 0 radical (unpaired) electrons. The summed E-state index contributed by atoms with van der Waals surface area (Å²) >= 11 is 0. The van der Waals surface area contributed by atoms with Crippen molar-refractivity contribution >= 4 is 50.9 Å². The van der Waals surface area contributed by atoms with Crippen molar-refractivity contribution in [1.82, 2.24) is 14.9 Å². The quantitative estimate of drug-likeness (QED) is 0.262. The fraction of sp³-hybridized carbons (Fsp3) is 0.318. The van der Waals surface area contributed by atoms with Gasteiger partial charge in [0.1, 0.15) is 11.3 Å². The van der Waals surface area contributed by atoms with E-state index >= 15 is 0 Å². The van der Waals surface area contributed by atoms with Crippen LogP contribution in [0, 0.1) is 6.92 Å². The van der Waals surface area contributed by atoms with Crippen molar-refractivity contribution in [2.75, 3.05) is 20.6 Å². The molecule has 0 atom stereocenters. The van der Waals surface area contributed by atoms with Crippen LogP contribution in [0.1, 0.15) is 23.8 Å². The Morgan fingerprint density at radius 3 is 2.42 bits per heavy atom. The summed E-state index contributed by atoms with van der Waals surface area (Å²) in [6, 6.07) is 14.9. The largest absolute Gasteiger partial charge is 0.459 e. The molecule has 0 aliphatic heterocycles. The lowest BCUT2D eigenvalue weighted by atomic mass is 10.1. The van der Waals surface area contributed by atoms with E-state index in [9.17, 15) is 8.42 Å². The van der Waals surface area contributed by atoms with Crippen LogP contribution in [0.4, 0.5) is 0 Å². The fourth-order valence-corrected chi connectivity index (χ4v) is 4.25. The molecule has 31 heavy (non-hydrogen) atoms. The minimum Gasteiger partial charge on any atom is -0.459 e. The summed E-state index contributed by atoms with van der Waals surface area (Å²) in [5, 5.41) is 7.57. The topological polar surface area (TPSA) is 86.9 Å². The molecule has 0 unspecified atom stereocenters. The second-order valence-electron chi connectivity index (χ2n) is 7.09. The SMILES string of the molecule is CCNC(=NCc1ccccc1S(=O)(=O)N(C)C)NCc1oc2ccccc2c1C.I. The molecule has 0 spiro atoms. The summed E-state index contributed by atoms with van der Waals surface area (Å²) < 4.78 is 32.3. The molecule has 0 saturated carbocycles. The van der Waals surface area contributed by atoms with Gasteiger partial charge in [0.15, 0.2) is 5.96 Å². The second-order valence-corrected chi connectivity index (χ2v) is 9.21. The van der Waals surface area contributed by atoms with Crippen molar-refractivity contribution in [1.29, 1.82) is 0 Å². The normalized spacial score (nSPS) is 12.1. The van der Waals surface area contributed by atoms with E-state index in [0.717, 1.165) is 22.3 Å². The van der Waals surface area contributed by atoms with Crippen LogP contribution >= 0.6 is 24.0 Å². The number of aliphatic imine (C=N–C) groups is 1. The predicted molar refractivity (Wildman–Crippen MR) is 135 cm³/mol. The van der Waals surface area contributed by atoms with E-state index in [2.05, 4.69) is 15.6 Å². The Labute approximate surface area is 201 Å². The monoisotopic (exact) mass is 556 g/mol. The van der Waals surface area contributed by atoms with Crippen LogP contribution in [0.5, 0.6) is 0 Å². The number of hydrogen-bond donors (Lipinski definition) is 2. The number of halogens is 1. The van der Waals surface area contributed by atoms with Gasteiger partial charge in [0.05, 0.1) is 18.0 Å². The molecular weight excluding hydrogens is 527 g/mol. The van der Waals surface area contributed by atoms with Gasteiger partial charge in [-0.1, -0.05) is 36.4 Å². The molecule has 168 valence electrons. The first-order valence-electron chi connectivity index (χ1n) is 9.84. The van der Waals surface area contributed by atoms with Gasteiger partial charge in [0, 0.05) is 31.6 Å². The van der Waals surface area contributed by atoms with Crippen LogP contribution in [0.2, 0.25) is 0 Å². The first-order valence-corrected chi connectivity index (χ1v) is 11.3. The van der Waals surface area contributed by atoms with Gasteiger partial charge in [0.2, 0.25) is 10.0 Å². The lowest BCUT2D eigenvalue weighted by molar-refractivity contribution is 0.519. The zero-order chi connectivity index (χ0) is 21.7. The Balaban J connectivity index is 0.00000341. The summed E-state index contributed by atoms with van der Waals surface area (Å²) in [6.45, 7) is 5.41. The van der Waals surface area contributed by atoms with Gasteiger partial charge < -0.3 is 15.1 Å². The summed E-state index contributed by atoms with van der Waals surface area (Å²) in [5.41, 5.74) is 2.59. The van der Waals surface area contributed by atoms with Crippen molar-refractivity contribution in [2.24, 2.45) is 4.99 Å². The maximum Gasteiger partial charge on any atom is 0.242 e. The maximum atomic E-state index is 12.6. The molecule has 3 aromatic rings. The molecule has 0 bridgehead atoms. The summed E-state index contributed by atoms with van der Waals surface area (Å²) in [4.78, 5) is 4.85. The highest BCUT2D eigenvalue weighted by Crippen LogP contribution is 2.24. The Morgan fingerprint density at radius 2 is 1.74 bits per heavy atom. The van der Waals surface area contributed by atoms with Gasteiger partial charge in [-0.05, 0) is 31.5 Å². The van der Waals surface area contributed by atoms with Crippen LogP contribution in [-0.4, -0.2) is 39.3 Å². The van der Waals surface area contributed by atoms with Crippen molar-refractivity contribution in [3.05, 3.63) is 65.4 Å². The van der Waals surface area contributed by atoms with E-state index in [1.54, 1.807) is 18.2 Å². The van der Waals surface area contributed by atoms with Crippen molar-refractivity contribution in [2.45, 2.75) is 31.8 Å². The number of rotatable bonds is 7. The van der Waals surface area contributed by atoms with E-state index in [4.69, 9.17) is 4.42 Å². The van der Waals surface area contributed by atoms with Crippen molar-refractivity contribution in [3.8, 4) is 0 Å². The minimum atomic E-state index is -3.54. The molecule has 1 heterocycles. The Bertz CT molecular complexity index is 1160. The molecule has 0 fully saturated rings. The number of para-hydroxylation sites is 1. The maximum absolute atomic E-state index is 12.6. The van der Waals surface area contributed by atoms with E-state index in [0.29, 0.717) is 24.6 Å². The van der Waals surface area contributed by atoms with Gasteiger partial charge in [-0.2, -0.15) is 0 Å². The number of guanidine groups is 1. The highest BCUT2D eigenvalue weighted by atomic mass is 127. The first kappa shape index (κ1) is 25.2. The summed E-state index contributed by atoms with van der Waals surface area (Å²) in [5.74, 6) is 1.44. The first-order chi connectivity index (χ1) is 14.3. The molecule has 1 aromatic heterocycles. The number of hydrogen-bond acceptors (Lipinski definition) is 4. The Hall–Kier alpha value is -2.11. The average molecular weight is 556 g/mol. The Kier molecular flexibility index (Phi) is 8.90. The molecule has 0 aliphatic rings. The molecular formula is C22H29IN4O3S. The van der Waals surface area contributed by atoms with Crippen LogP contribution < -0.4 is 10.6 Å². The van der Waals surface area contributed by atoms with Crippen LogP contribution in [0.15, 0.2) is 62.8 Å². The zero-order valence-electron chi connectivity index (χ0n) is 18.2. The number of nitrogens with one attached hydrogen (secondary N) is 2. The number of sulfonamides is 1. The van der Waals surface area contributed by atoms with Crippen LogP contribution in [0.25, 0.3) is 11.0 Å². The standard InChI is InChI=1S/C22H28N4O3S.HI/c1-5-23-22(25-15-20-16(2)18-11-7-8-12-19(18)29-20)24-14-17-10-6-9-13-21(17)30(27,28)26(3)4;/h6-13H,5,14-15H2,1-4H3,(H2,23,24,25);1H. The number of furan rings is 1. The van der Waals surface area contributed by atoms with Gasteiger partial charge in [-0.15, -0.1) is 24.0 Å². The third kappa shape index (κ3) is 5.78. The predicted octanol–water partition coefficient (Wildman–Crippen LogP) is 3.86. The van der Waals surface area contributed by atoms with E-state index in [1.165, 1.54) is 18.4 Å². The highest BCUT2D eigenvalue weighted by Gasteiger charge is 2.20. The highest BCUT2D eigenvalue weighted by molar-refractivity contribution is 14.0. The number of benzene rings is 2. The third-order valence-electron chi connectivity index (χ3n) is 4.84. The number of aryl methyl sites for hydroxylation is 1. The van der Waals surface area contributed by atoms with Gasteiger partial charge in [-0.3, -0.25) is 0 Å². The molecule has 0 saturated heterocycles. The fourth-order valence-electron chi connectivity index (χ4n) is 3.15. The molecule has 7 nitrogen and oxygen atoms in total. The molecule has 0 amide bonds. The van der Waals surface area contributed by atoms with Crippen LogP contribution in [-0.2, 0) is 23.1 Å². The van der Waals surface area contributed by atoms with E-state index in [-0.39, 0.29) is 35.4 Å². The van der Waals surface area contributed by atoms with Crippen LogP contribution in [0.3, 0.4) is 0 Å². The molecule has 3 rings (SSSR count). The second kappa shape index (κ2) is 11.0. The smallest absolute Gasteiger partial charge is 0.242 e. The Morgan fingerprint density at radius 1 is 1.06 bits per heavy atom. The summed E-state index contributed by atoms with van der Waals surface area (Å²) in [6.07, 6.45) is 0. The number of fused-ring (bicyclic) bond motifs is 1. The lowest BCUT2D eigenvalue weighted by Gasteiger charge is -2.15. The van der Waals surface area contributed by atoms with Gasteiger partial charge in [0.25, 0.3) is 0 Å². The van der Waals surface area contributed by atoms with E-state index in [1.807, 2.05) is 44.2 Å². The summed E-state index contributed by atoms with van der Waals surface area (Å²) in [7, 11) is -0.486. The molecule has 2 aromatic carbocycles. The zero-order valence-corrected chi connectivity index (χ0v) is 21.3. The third-order valence-corrected chi connectivity index (χ3v) is 6.76. The van der Waals surface area contributed by atoms with Gasteiger partial charge in [-0.25, -0.2) is 17.7 Å². The average Bonchev–Trinajstić information content (AvgIpc) is 3.06.